The fraction of sp³-hybridized carbons (Fsp3) is 0.375. The van der Waals surface area contributed by atoms with Crippen molar-refractivity contribution in [2.24, 2.45) is 5.92 Å². The summed E-state index contributed by atoms with van der Waals surface area (Å²) < 4.78 is 0. The van der Waals surface area contributed by atoms with Crippen LogP contribution in [0.3, 0.4) is 0 Å². The minimum absolute atomic E-state index is 0.0677. The normalized spacial score (nSPS) is 12.6. The highest BCUT2D eigenvalue weighted by Crippen LogP contribution is 2.07. The van der Waals surface area contributed by atoms with Crippen LogP contribution >= 0.6 is 0 Å². The van der Waals surface area contributed by atoms with Crippen LogP contribution in [0.25, 0.3) is 6.08 Å². The zero-order valence-electron chi connectivity index (χ0n) is 12.1. The van der Waals surface area contributed by atoms with Crippen LogP contribution in [0.15, 0.2) is 30.3 Å². The molecule has 1 rings (SSSR count). The molecule has 4 heteroatoms. The maximum absolute atomic E-state index is 11.8. The Kier molecular flexibility index (Phi) is 5.97. The van der Waals surface area contributed by atoms with Crippen molar-refractivity contribution in [2.45, 2.75) is 33.2 Å². The zero-order valence-corrected chi connectivity index (χ0v) is 12.1. The summed E-state index contributed by atoms with van der Waals surface area (Å²) in [6, 6.07) is 7.44. The molecule has 0 fully saturated rings. The first kappa shape index (κ1) is 16.0. The monoisotopic (exact) mass is 275 g/mol. The predicted octanol–water partition coefficient (Wildman–Crippen LogP) is 2.62. The summed E-state index contributed by atoms with van der Waals surface area (Å²) in [6.07, 6.45) is 3.08. The van der Waals surface area contributed by atoms with Crippen LogP contribution in [0.1, 0.15) is 31.4 Å². The van der Waals surface area contributed by atoms with Gasteiger partial charge < -0.3 is 10.4 Å². The summed E-state index contributed by atoms with van der Waals surface area (Å²) in [4.78, 5) is 22.5. The number of carboxylic acid groups (broad SMARTS) is 1. The van der Waals surface area contributed by atoms with Crippen molar-refractivity contribution >= 4 is 18.0 Å². The van der Waals surface area contributed by atoms with E-state index in [1.165, 1.54) is 6.08 Å². The molecule has 0 bridgehead atoms. The van der Waals surface area contributed by atoms with Gasteiger partial charge in [0.05, 0.1) is 6.42 Å². The van der Waals surface area contributed by atoms with Crippen LogP contribution in [0.2, 0.25) is 0 Å². The molecule has 1 aromatic carbocycles. The number of benzene rings is 1. The Morgan fingerprint density at radius 3 is 2.35 bits per heavy atom. The maximum Gasteiger partial charge on any atom is 0.305 e. The van der Waals surface area contributed by atoms with E-state index in [4.69, 9.17) is 5.11 Å². The number of nitrogens with one attached hydrogen (secondary N) is 1. The van der Waals surface area contributed by atoms with Crippen molar-refractivity contribution in [2.75, 3.05) is 0 Å². The van der Waals surface area contributed by atoms with Crippen molar-refractivity contribution in [3.63, 3.8) is 0 Å². The van der Waals surface area contributed by atoms with Crippen LogP contribution in [-0.4, -0.2) is 23.0 Å². The molecule has 0 spiro atoms. The summed E-state index contributed by atoms with van der Waals surface area (Å²) in [5, 5.41) is 11.5. The Morgan fingerprint density at radius 1 is 1.25 bits per heavy atom. The van der Waals surface area contributed by atoms with E-state index in [2.05, 4.69) is 5.32 Å². The number of amides is 1. The summed E-state index contributed by atoms with van der Waals surface area (Å²) in [6.45, 7) is 5.77. The topological polar surface area (TPSA) is 66.4 Å². The van der Waals surface area contributed by atoms with Gasteiger partial charge in [-0.25, -0.2) is 0 Å². The van der Waals surface area contributed by atoms with E-state index in [0.717, 1.165) is 11.1 Å². The zero-order chi connectivity index (χ0) is 15.1. The summed E-state index contributed by atoms with van der Waals surface area (Å²) in [5.41, 5.74) is 2.10. The van der Waals surface area contributed by atoms with E-state index >= 15 is 0 Å². The van der Waals surface area contributed by atoms with Gasteiger partial charge in [-0.05, 0) is 24.5 Å². The Morgan fingerprint density at radius 2 is 1.85 bits per heavy atom. The molecule has 0 aliphatic rings. The van der Waals surface area contributed by atoms with Crippen molar-refractivity contribution in [1.82, 2.24) is 5.32 Å². The van der Waals surface area contributed by atoms with E-state index in [1.807, 2.05) is 45.0 Å². The van der Waals surface area contributed by atoms with Crippen molar-refractivity contribution < 1.29 is 14.7 Å². The van der Waals surface area contributed by atoms with Gasteiger partial charge in [-0.3, -0.25) is 9.59 Å². The van der Waals surface area contributed by atoms with Gasteiger partial charge in [0.25, 0.3) is 0 Å². The molecule has 0 saturated heterocycles. The molecule has 1 amide bonds. The lowest BCUT2D eigenvalue weighted by Gasteiger charge is -2.19. The number of aliphatic carboxylic acids is 1. The van der Waals surface area contributed by atoms with Crippen LogP contribution in [0.4, 0.5) is 0 Å². The summed E-state index contributed by atoms with van der Waals surface area (Å²) >= 11 is 0. The minimum Gasteiger partial charge on any atom is -0.481 e. The van der Waals surface area contributed by atoms with Crippen molar-refractivity contribution in [1.29, 1.82) is 0 Å². The maximum atomic E-state index is 11.8. The van der Waals surface area contributed by atoms with Crippen LogP contribution in [0, 0.1) is 12.8 Å². The number of carboxylic acids is 1. The number of carbonyl (C=O) groups excluding carboxylic acids is 1. The molecule has 20 heavy (non-hydrogen) atoms. The number of carbonyl (C=O) groups is 2. The average Bonchev–Trinajstić information content (AvgIpc) is 2.36. The second-order valence-electron chi connectivity index (χ2n) is 5.20. The van der Waals surface area contributed by atoms with E-state index < -0.39 is 5.97 Å². The Hall–Kier alpha value is -2.10. The molecule has 0 heterocycles. The van der Waals surface area contributed by atoms with E-state index in [-0.39, 0.29) is 24.3 Å². The molecule has 0 saturated carbocycles. The smallest absolute Gasteiger partial charge is 0.305 e. The second-order valence-corrected chi connectivity index (χ2v) is 5.20. The second kappa shape index (κ2) is 7.48. The molecule has 1 aromatic rings. The Balaban J connectivity index is 2.61. The highest BCUT2D eigenvalue weighted by Gasteiger charge is 2.18. The van der Waals surface area contributed by atoms with Crippen molar-refractivity contribution in [3.05, 3.63) is 41.5 Å². The molecular weight excluding hydrogens is 254 g/mol. The third-order valence-corrected chi connectivity index (χ3v) is 3.03. The first-order valence-corrected chi connectivity index (χ1v) is 6.65. The molecule has 0 aliphatic carbocycles. The largest absolute Gasteiger partial charge is 0.481 e. The quantitative estimate of drug-likeness (QED) is 0.784. The van der Waals surface area contributed by atoms with E-state index in [1.54, 1.807) is 6.08 Å². The first-order valence-electron chi connectivity index (χ1n) is 6.65. The third-order valence-electron chi connectivity index (χ3n) is 3.03. The van der Waals surface area contributed by atoms with Crippen LogP contribution < -0.4 is 5.32 Å². The molecule has 1 atom stereocenters. The highest BCUT2D eigenvalue weighted by molar-refractivity contribution is 5.92. The van der Waals surface area contributed by atoms with Gasteiger partial charge in [0, 0.05) is 12.1 Å². The number of hydrogen-bond donors (Lipinski definition) is 2. The SMILES string of the molecule is Cc1ccc(/C=C/C(=O)NC(CC(=O)O)C(C)C)cc1. The van der Waals surface area contributed by atoms with Gasteiger partial charge >= 0.3 is 5.97 Å². The standard InChI is InChI=1S/C16H21NO3/c1-11(2)14(10-16(19)20)17-15(18)9-8-13-6-4-12(3)5-7-13/h4-9,11,14H,10H2,1-3H3,(H,17,18)(H,19,20)/b9-8+. The summed E-state index contributed by atoms with van der Waals surface area (Å²) in [5.74, 6) is -1.11. The Labute approximate surface area is 119 Å². The summed E-state index contributed by atoms with van der Waals surface area (Å²) in [7, 11) is 0. The molecule has 108 valence electrons. The van der Waals surface area contributed by atoms with Gasteiger partial charge in [0.1, 0.15) is 0 Å². The number of hydrogen-bond acceptors (Lipinski definition) is 2. The van der Waals surface area contributed by atoms with Gasteiger partial charge in [-0.1, -0.05) is 43.7 Å². The fourth-order valence-corrected chi connectivity index (χ4v) is 1.72. The minimum atomic E-state index is -0.911. The average molecular weight is 275 g/mol. The highest BCUT2D eigenvalue weighted by atomic mass is 16.4. The lowest BCUT2D eigenvalue weighted by atomic mass is 10.0. The number of aryl methyl sites for hydroxylation is 1. The lowest BCUT2D eigenvalue weighted by Crippen LogP contribution is -2.39. The van der Waals surface area contributed by atoms with Crippen LogP contribution in [0.5, 0.6) is 0 Å². The third kappa shape index (κ3) is 5.69. The molecule has 0 radical (unpaired) electrons. The predicted molar refractivity (Wildman–Crippen MR) is 79.2 cm³/mol. The van der Waals surface area contributed by atoms with E-state index in [0.29, 0.717) is 0 Å². The molecule has 1 unspecified atom stereocenters. The van der Waals surface area contributed by atoms with E-state index in [9.17, 15) is 9.59 Å². The van der Waals surface area contributed by atoms with Gasteiger partial charge in [0.2, 0.25) is 5.91 Å². The van der Waals surface area contributed by atoms with Gasteiger partial charge in [-0.2, -0.15) is 0 Å². The Bertz CT molecular complexity index is 489. The molecule has 2 N–H and O–H groups in total. The van der Waals surface area contributed by atoms with Gasteiger partial charge in [0.15, 0.2) is 0 Å². The molecule has 4 nitrogen and oxygen atoms in total. The molecule has 0 aromatic heterocycles. The number of rotatable bonds is 6. The molecular formula is C16H21NO3. The first-order chi connectivity index (χ1) is 9.38. The fourth-order valence-electron chi connectivity index (χ4n) is 1.72. The molecule has 0 aliphatic heterocycles. The van der Waals surface area contributed by atoms with Crippen LogP contribution in [-0.2, 0) is 9.59 Å². The van der Waals surface area contributed by atoms with Gasteiger partial charge in [-0.15, -0.1) is 0 Å². The lowest BCUT2D eigenvalue weighted by molar-refractivity contribution is -0.138. The van der Waals surface area contributed by atoms with Crippen molar-refractivity contribution in [3.8, 4) is 0 Å².